The summed E-state index contributed by atoms with van der Waals surface area (Å²) in [4.78, 5) is 24.0. The molecule has 2 atom stereocenters. The number of nitrogens with one attached hydrogen (secondary N) is 2. The Morgan fingerprint density at radius 1 is 0.741 bits per heavy atom. The second kappa shape index (κ2) is 8.09. The van der Waals surface area contributed by atoms with E-state index in [1.165, 1.54) is 0 Å². The first-order valence-electron chi connectivity index (χ1n) is 8.17. The molecule has 142 valence electrons. The molecule has 2 amide bonds. The molecule has 27 heavy (non-hydrogen) atoms. The number of hydrogen-bond acceptors (Lipinski definition) is 6. The van der Waals surface area contributed by atoms with Crippen LogP contribution in [0.25, 0.3) is 0 Å². The van der Waals surface area contributed by atoms with Crippen molar-refractivity contribution < 1.29 is 27.5 Å². The maximum Gasteiger partial charge on any atom is 0.412 e. The molecule has 0 saturated carbocycles. The van der Waals surface area contributed by atoms with Crippen molar-refractivity contribution in [2.45, 2.75) is 12.2 Å². The molecule has 1 aliphatic heterocycles. The van der Waals surface area contributed by atoms with Gasteiger partial charge in [-0.3, -0.25) is 10.6 Å². The highest BCUT2D eigenvalue weighted by molar-refractivity contribution is 7.91. The molecule has 8 nitrogen and oxygen atoms in total. The average molecular weight is 390 g/mol. The van der Waals surface area contributed by atoms with Crippen LogP contribution in [0.5, 0.6) is 0 Å². The summed E-state index contributed by atoms with van der Waals surface area (Å²) in [6.45, 7) is 0. The summed E-state index contributed by atoms with van der Waals surface area (Å²) in [5.74, 6) is -0.809. The van der Waals surface area contributed by atoms with Crippen LogP contribution in [0.3, 0.4) is 0 Å². The normalized spacial score (nSPS) is 20.4. The van der Waals surface area contributed by atoms with Gasteiger partial charge in [-0.25, -0.2) is 18.0 Å². The molecule has 2 N–H and O–H groups in total. The molecule has 1 fully saturated rings. The fourth-order valence-corrected chi connectivity index (χ4v) is 4.32. The molecular formula is C18H18N2O6S. The Kier molecular flexibility index (Phi) is 5.60. The highest BCUT2D eigenvalue weighted by atomic mass is 32.2. The van der Waals surface area contributed by atoms with Gasteiger partial charge in [-0.2, -0.15) is 0 Å². The van der Waals surface area contributed by atoms with Crippen LogP contribution < -0.4 is 10.6 Å². The SMILES string of the molecule is O=C(Nc1ccccc1)O[C@H]1CS(=O)(=O)C[C@H]1OC(=O)Nc1ccccc1. The largest absolute Gasteiger partial charge is 0.441 e. The number of anilines is 2. The van der Waals surface area contributed by atoms with E-state index in [0.717, 1.165) is 0 Å². The van der Waals surface area contributed by atoms with E-state index in [1.54, 1.807) is 60.7 Å². The van der Waals surface area contributed by atoms with Gasteiger partial charge in [0.05, 0.1) is 11.5 Å². The number of carbonyl (C=O) groups excluding carboxylic acids is 2. The van der Waals surface area contributed by atoms with E-state index in [-0.39, 0.29) is 0 Å². The molecule has 3 rings (SSSR count). The predicted octanol–water partition coefficient (Wildman–Crippen LogP) is 2.65. The Bertz CT molecular complexity index is 832. The van der Waals surface area contributed by atoms with Gasteiger partial charge in [-0.1, -0.05) is 36.4 Å². The van der Waals surface area contributed by atoms with Gasteiger partial charge in [-0.05, 0) is 24.3 Å². The third-order valence-electron chi connectivity index (χ3n) is 3.81. The van der Waals surface area contributed by atoms with Crippen LogP contribution in [0.1, 0.15) is 0 Å². The molecule has 0 spiro atoms. The monoisotopic (exact) mass is 390 g/mol. The predicted molar refractivity (Wildman–Crippen MR) is 99.3 cm³/mol. The minimum Gasteiger partial charge on any atom is -0.441 e. The van der Waals surface area contributed by atoms with E-state index in [1.807, 2.05) is 0 Å². The minimum absolute atomic E-state index is 0.404. The third kappa shape index (κ3) is 5.45. The molecule has 1 aliphatic rings. The Labute approximate surface area is 156 Å². The van der Waals surface area contributed by atoms with E-state index in [0.29, 0.717) is 11.4 Å². The number of carbonyl (C=O) groups is 2. The van der Waals surface area contributed by atoms with Gasteiger partial charge in [0.15, 0.2) is 22.0 Å². The van der Waals surface area contributed by atoms with Gasteiger partial charge in [0.25, 0.3) is 0 Å². The lowest BCUT2D eigenvalue weighted by molar-refractivity contribution is 0.0278. The van der Waals surface area contributed by atoms with Crippen LogP contribution in [-0.2, 0) is 19.3 Å². The Morgan fingerprint density at radius 2 is 1.11 bits per heavy atom. The highest BCUT2D eigenvalue weighted by Crippen LogP contribution is 2.21. The minimum atomic E-state index is -3.49. The van der Waals surface area contributed by atoms with Crippen molar-refractivity contribution in [2.24, 2.45) is 0 Å². The molecule has 0 bridgehead atoms. The van der Waals surface area contributed by atoms with Gasteiger partial charge < -0.3 is 9.47 Å². The summed E-state index contributed by atoms with van der Waals surface area (Å²) in [5.41, 5.74) is 1.00. The first kappa shape index (κ1) is 18.7. The summed E-state index contributed by atoms with van der Waals surface area (Å²) in [6.07, 6.45) is -3.80. The summed E-state index contributed by atoms with van der Waals surface area (Å²) in [6, 6.07) is 17.1. The maximum atomic E-state index is 12.0. The highest BCUT2D eigenvalue weighted by Gasteiger charge is 2.43. The zero-order valence-electron chi connectivity index (χ0n) is 14.2. The van der Waals surface area contributed by atoms with E-state index >= 15 is 0 Å². The molecule has 2 aromatic carbocycles. The summed E-state index contributed by atoms with van der Waals surface area (Å²) < 4.78 is 34.2. The van der Waals surface area contributed by atoms with Gasteiger partial charge in [0.1, 0.15) is 0 Å². The average Bonchev–Trinajstić information content (AvgIpc) is 2.89. The second-order valence-corrected chi connectivity index (χ2v) is 8.10. The summed E-state index contributed by atoms with van der Waals surface area (Å²) in [5, 5.41) is 5.00. The molecule has 0 unspecified atom stereocenters. The fraction of sp³-hybridized carbons (Fsp3) is 0.222. The Balaban J connectivity index is 1.60. The lowest BCUT2D eigenvalue weighted by Crippen LogP contribution is -2.36. The Hall–Kier alpha value is -3.07. The van der Waals surface area contributed by atoms with Crippen LogP contribution in [0.15, 0.2) is 60.7 Å². The molecule has 1 saturated heterocycles. The molecule has 2 aromatic rings. The third-order valence-corrected chi connectivity index (χ3v) is 5.48. The number of rotatable bonds is 4. The van der Waals surface area contributed by atoms with Crippen molar-refractivity contribution in [2.75, 3.05) is 22.1 Å². The number of benzene rings is 2. The molecule has 0 aliphatic carbocycles. The van der Waals surface area contributed by atoms with E-state index in [9.17, 15) is 18.0 Å². The molecular weight excluding hydrogens is 372 g/mol. The molecule has 0 radical (unpaired) electrons. The number of hydrogen-bond donors (Lipinski definition) is 2. The van der Waals surface area contributed by atoms with E-state index in [2.05, 4.69) is 10.6 Å². The molecule has 1 heterocycles. The number of ether oxygens (including phenoxy) is 2. The fourth-order valence-electron chi connectivity index (χ4n) is 2.62. The van der Waals surface area contributed by atoms with E-state index in [4.69, 9.17) is 9.47 Å². The van der Waals surface area contributed by atoms with Crippen molar-refractivity contribution in [1.82, 2.24) is 0 Å². The van der Waals surface area contributed by atoms with Crippen molar-refractivity contribution in [3.8, 4) is 0 Å². The first-order chi connectivity index (χ1) is 12.9. The quantitative estimate of drug-likeness (QED) is 0.830. The topological polar surface area (TPSA) is 111 Å². The van der Waals surface area contributed by atoms with Crippen LogP contribution >= 0.6 is 0 Å². The van der Waals surface area contributed by atoms with Crippen molar-refractivity contribution in [1.29, 1.82) is 0 Å². The van der Waals surface area contributed by atoms with Crippen molar-refractivity contribution >= 4 is 33.4 Å². The first-order valence-corrected chi connectivity index (χ1v) is 9.99. The summed E-state index contributed by atoms with van der Waals surface area (Å²) in [7, 11) is -3.49. The van der Waals surface area contributed by atoms with Gasteiger partial charge >= 0.3 is 12.2 Å². The van der Waals surface area contributed by atoms with Crippen molar-refractivity contribution in [3.05, 3.63) is 60.7 Å². The van der Waals surface area contributed by atoms with Gasteiger partial charge in [-0.15, -0.1) is 0 Å². The maximum absolute atomic E-state index is 12.0. The zero-order valence-corrected chi connectivity index (χ0v) is 15.0. The van der Waals surface area contributed by atoms with E-state index < -0.39 is 45.7 Å². The lowest BCUT2D eigenvalue weighted by Gasteiger charge is -2.19. The molecule has 0 aromatic heterocycles. The Morgan fingerprint density at radius 3 is 1.48 bits per heavy atom. The standard InChI is InChI=1S/C18H18N2O6S/c21-17(19-13-7-3-1-4-8-13)25-15-11-27(23,24)12-16(15)26-18(22)20-14-9-5-2-6-10-14/h1-10,15-16H,11-12H2,(H,19,21)(H,20,22)/t15-,16+. The van der Waals surface area contributed by atoms with Crippen LogP contribution in [0, 0.1) is 0 Å². The number of amides is 2. The number of sulfone groups is 1. The van der Waals surface area contributed by atoms with Gasteiger partial charge in [0, 0.05) is 11.4 Å². The second-order valence-electron chi connectivity index (χ2n) is 5.95. The zero-order chi connectivity index (χ0) is 19.3. The van der Waals surface area contributed by atoms with Crippen molar-refractivity contribution in [3.63, 3.8) is 0 Å². The smallest absolute Gasteiger partial charge is 0.412 e. The summed E-state index contributed by atoms with van der Waals surface area (Å²) >= 11 is 0. The molecule has 9 heteroatoms. The van der Waals surface area contributed by atoms with Crippen LogP contribution in [0.2, 0.25) is 0 Å². The van der Waals surface area contributed by atoms with Crippen LogP contribution in [0.4, 0.5) is 21.0 Å². The number of para-hydroxylation sites is 2. The van der Waals surface area contributed by atoms with Gasteiger partial charge in [0.2, 0.25) is 0 Å². The lowest BCUT2D eigenvalue weighted by atomic mass is 10.2. The van der Waals surface area contributed by atoms with Crippen LogP contribution in [-0.4, -0.2) is 44.3 Å².